The van der Waals surface area contributed by atoms with Crippen molar-refractivity contribution in [2.24, 2.45) is 0 Å². The van der Waals surface area contributed by atoms with Crippen LogP contribution in [0.15, 0.2) is 60.7 Å². The van der Waals surface area contributed by atoms with Gasteiger partial charge in [0, 0.05) is 0 Å². The van der Waals surface area contributed by atoms with E-state index in [4.69, 9.17) is 9.47 Å². The van der Waals surface area contributed by atoms with Crippen LogP contribution in [-0.2, 0) is 9.53 Å². The zero-order valence-corrected chi connectivity index (χ0v) is 14.1. The number of anilines is 1. The number of nitrogens with one attached hydrogen (secondary N) is 1. The predicted molar refractivity (Wildman–Crippen MR) is 97.5 cm³/mol. The Bertz CT molecular complexity index is 967. The number of aromatic hydroxyl groups is 1. The van der Waals surface area contributed by atoms with Crippen molar-refractivity contribution in [1.29, 1.82) is 0 Å². The van der Waals surface area contributed by atoms with E-state index in [9.17, 15) is 14.7 Å². The lowest BCUT2D eigenvalue weighted by molar-refractivity contribution is -0.119. The first kappa shape index (κ1) is 17.3. The number of esters is 1. The first-order valence-electron chi connectivity index (χ1n) is 7.89. The van der Waals surface area contributed by atoms with Gasteiger partial charge in [0.25, 0.3) is 5.91 Å². The molecular weight excluding hydrogens is 334 g/mol. The minimum Gasteiger partial charge on any atom is -0.508 e. The molecule has 0 radical (unpaired) electrons. The normalized spacial score (nSPS) is 10.3. The molecule has 0 saturated carbocycles. The summed E-state index contributed by atoms with van der Waals surface area (Å²) in [4.78, 5) is 24.2. The Hall–Kier alpha value is -3.54. The second kappa shape index (κ2) is 7.57. The van der Waals surface area contributed by atoms with E-state index in [1.54, 1.807) is 54.6 Å². The van der Waals surface area contributed by atoms with Gasteiger partial charge in [-0.05, 0) is 47.2 Å². The minimum absolute atomic E-state index is 0.154. The monoisotopic (exact) mass is 351 g/mol. The highest BCUT2D eigenvalue weighted by Gasteiger charge is 2.12. The van der Waals surface area contributed by atoms with Crippen LogP contribution in [0.25, 0.3) is 10.8 Å². The molecule has 6 heteroatoms. The number of carbonyl (C=O) groups excluding carboxylic acids is 2. The Morgan fingerprint density at radius 2 is 1.73 bits per heavy atom. The van der Waals surface area contributed by atoms with Gasteiger partial charge >= 0.3 is 5.97 Å². The molecule has 0 spiro atoms. The predicted octanol–water partition coefficient (Wildman–Crippen LogP) is 3.35. The van der Waals surface area contributed by atoms with Crippen LogP contribution >= 0.6 is 0 Å². The summed E-state index contributed by atoms with van der Waals surface area (Å²) in [6.45, 7) is -0.412. The lowest BCUT2D eigenvalue weighted by Crippen LogP contribution is -2.21. The quantitative estimate of drug-likeness (QED) is 0.689. The number of benzene rings is 3. The average Bonchev–Trinajstić information content (AvgIpc) is 2.66. The molecule has 132 valence electrons. The summed E-state index contributed by atoms with van der Waals surface area (Å²) < 4.78 is 10.2. The Labute approximate surface area is 150 Å². The van der Waals surface area contributed by atoms with Crippen LogP contribution in [0.4, 0.5) is 5.69 Å². The molecule has 0 fully saturated rings. The first-order valence-corrected chi connectivity index (χ1v) is 7.89. The Morgan fingerprint density at radius 3 is 2.54 bits per heavy atom. The van der Waals surface area contributed by atoms with Crippen LogP contribution < -0.4 is 10.1 Å². The molecule has 0 aliphatic carbocycles. The number of phenols is 1. The molecule has 3 rings (SSSR count). The fourth-order valence-electron chi connectivity index (χ4n) is 2.51. The van der Waals surface area contributed by atoms with Gasteiger partial charge in [-0.2, -0.15) is 0 Å². The second-order valence-electron chi connectivity index (χ2n) is 5.57. The minimum atomic E-state index is -0.602. The van der Waals surface area contributed by atoms with Crippen LogP contribution in [0.5, 0.6) is 11.5 Å². The number of amides is 1. The number of methoxy groups -OCH3 is 1. The number of carbonyl (C=O) groups is 2. The van der Waals surface area contributed by atoms with Gasteiger partial charge in [0.05, 0.1) is 18.4 Å². The summed E-state index contributed by atoms with van der Waals surface area (Å²) in [5.74, 6) is -0.394. The van der Waals surface area contributed by atoms with Crippen molar-refractivity contribution in [3.8, 4) is 11.5 Å². The molecule has 0 unspecified atom stereocenters. The molecule has 6 nitrogen and oxygen atoms in total. The fourth-order valence-corrected chi connectivity index (χ4v) is 2.51. The maximum absolute atomic E-state index is 12.2. The van der Waals surface area contributed by atoms with Crippen molar-refractivity contribution in [2.45, 2.75) is 0 Å². The molecule has 26 heavy (non-hydrogen) atoms. The number of ether oxygens (including phenoxy) is 2. The van der Waals surface area contributed by atoms with Gasteiger partial charge in [0.1, 0.15) is 11.5 Å². The molecule has 3 aromatic carbocycles. The van der Waals surface area contributed by atoms with Crippen molar-refractivity contribution in [2.75, 3.05) is 19.0 Å². The van der Waals surface area contributed by atoms with Gasteiger partial charge < -0.3 is 19.9 Å². The summed E-state index contributed by atoms with van der Waals surface area (Å²) in [7, 11) is 1.50. The third-order valence-electron chi connectivity index (χ3n) is 3.77. The smallest absolute Gasteiger partial charge is 0.338 e. The van der Waals surface area contributed by atoms with E-state index in [2.05, 4.69) is 5.32 Å². The van der Waals surface area contributed by atoms with Gasteiger partial charge in [-0.3, -0.25) is 4.79 Å². The summed E-state index contributed by atoms with van der Waals surface area (Å²) >= 11 is 0. The number of para-hydroxylation sites is 2. The molecule has 0 saturated heterocycles. The van der Waals surface area contributed by atoms with Crippen LogP contribution in [-0.4, -0.2) is 30.7 Å². The highest BCUT2D eigenvalue weighted by Crippen LogP contribution is 2.23. The van der Waals surface area contributed by atoms with E-state index in [1.807, 2.05) is 0 Å². The van der Waals surface area contributed by atoms with Crippen LogP contribution in [0.2, 0.25) is 0 Å². The number of hydrogen-bond acceptors (Lipinski definition) is 5. The lowest BCUT2D eigenvalue weighted by Gasteiger charge is -2.10. The van der Waals surface area contributed by atoms with Crippen molar-refractivity contribution in [3.63, 3.8) is 0 Å². The maximum Gasteiger partial charge on any atom is 0.338 e. The van der Waals surface area contributed by atoms with Gasteiger partial charge in [-0.25, -0.2) is 4.79 Å². The molecule has 1 amide bonds. The number of fused-ring (bicyclic) bond motifs is 1. The van der Waals surface area contributed by atoms with Gasteiger partial charge in [0.2, 0.25) is 0 Å². The van der Waals surface area contributed by atoms with E-state index < -0.39 is 18.5 Å². The van der Waals surface area contributed by atoms with Crippen molar-refractivity contribution in [1.82, 2.24) is 0 Å². The zero-order chi connectivity index (χ0) is 18.5. The Morgan fingerprint density at radius 1 is 1.00 bits per heavy atom. The zero-order valence-electron chi connectivity index (χ0n) is 14.1. The van der Waals surface area contributed by atoms with Crippen molar-refractivity contribution >= 4 is 28.3 Å². The molecular formula is C20H17NO5. The first-order chi connectivity index (χ1) is 12.6. The molecule has 0 aromatic heterocycles. The molecule has 0 aliphatic rings. The molecule has 2 N–H and O–H groups in total. The third kappa shape index (κ3) is 3.92. The summed E-state index contributed by atoms with van der Waals surface area (Å²) in [5.41, 5.74) is 0.829. The molecule has 0 heterocycles. The molecule has 0 bridgehead atoms. The standard InChI is InChI=1S/C20H17NO5/c1-25-18-5-3-2-4-17(18)21-19(23)12-26-20(24)15-7-6-14-11-16(22)9-8-13(14)10-15/h2-11,22H,12H2,1H3,(H,21,23). The summed E-state index contributed by atoms with van der Waals surface area (Å²) in [5, 5.41) is 13.7. The number of hydrogen-bond donors (Lipinski definition) is 2. The van der Waals surface area contributed by atoms with Crippen LogP contribution in [0.3, 0.4) is 0 Å². The number of rotatable bonds is 5. The summed E-state index contributed by atoms with van der Waals surface area (Å²) in [6, 6.07) is 16.7. The molecule has 0 aliphatic heterocycles. The largest absolute Gasteiger partial charge is 0.508 e. The van der Waals surface area contributed by atoms with Crippen LogP contribution in [0, 0.1) is 0 Å². The molecule has 0 atom stereocenters. The highest BCUT2D eigenvalue weighted by atomic mass is 16.5. The third-order valence-corrected chi connectivity index (χ3v) is 3.77. The van der Waals surface area contributed by atoms with E-state index in [0.717, 1.165) is 10.8 Å². The maximum atomic E-state index is 12.2. The SMILES string of the molecule is COc1ccccc1NC(=O)COC(=O)c1ccc2cc(O)ccc2c1. The van der Waals surface area contributed by atoms with Gasteiger partial charge in [-0.15, -0.1) is 0 Å². The van der Waals surface area contributed by atoms with Gasteiger partial charge in [0.15, 0.2) is 6.61 Å². The van der Waals surface area contributed by atoms with E-state index >= 15 is 0 Å². The van der Waals surface area contributed by atoms with Crippen molar-refractivity contribution < 1.29 is 24.2 Å². The second-order valence-corrected chi connectivity index (χ2v) is 5.57. The van der Waals surface area contributed by atoms with Gasteiger partial charge in [-0.1, -0.05) is 24.3 Å². The Kier molecular flexibility index (Phi) is 5.03. The highest BCUT2D eigenvalue weighted by molar-refractivity contribution is 5.98. The van der Waals surface area contributed by atoms with Crippen molar-refractivity contribution in [3.05, 3.63) is 66.2 Å². The topological polar surface area (TPSA) is 84.9 Å². The molecule has 3 aromatic rings. The summed E-state index contributed by atoms with van der Waals surface area (Å²) in [6.07, 6.45) is 0. The van der Waals surface area contributed by atoms with Crippen LogP contribution in [0.1, 0.15) is 10.4 Å². The fraction of sp³-hybridized carbons (Fsp3) is 0.100. The van der Waals surface area contributed by atoms with E-state index in [0.29, 0.717) is 17.0 Å². The Balaban J connectivity index is 1.63. The number of phenolic OH excluding ortho intramolecular Hbond substituents is 1. The average molecular weight is 351 g/mol. The lowest BCUT2D eigenvalue weighted by atomic mass is 10.1. The van der Waals surface area contributed by atoms with E-state index in [-0.39, 0.29) is 5.75 Å². The van der Waals surface area contributed by atoms with E-state index in [1.165, 1.54) is 13.2 Å².